The van der Waals surface area contributed by atoms with Gasteiger partial charge in [0.1, 0.15) is 0 Å². The van der Waals surface area contributed by atoms with Crippen LogP contribution in [-0.4, -0.2) is 29.0 Å². The van der Waals surface area contributed by atoms with Gasteiger partial charge in [-0.15, -0.1) is 0 Å². The summed E-state index contributed by atoms with van der Waals surface area (Å²) >= 11 is 0. The van der Waals surface area contributed by atoms with E-state index in [0.29, 0.717) is 24.6 Å². The Morgan fingerprint density at radius 2 is 1.58 bits per heavy atom. The van der Waals surface area contributed by atoms with Gasteiger partial charge < -0.3 is 10.1 Å². The molecule has 184 valence electrons. The molecule has 2 aromatic heterocycles. The van der Waals surface area contributed by atoms with Crippen LogP contribution in [0.5, 0.6) is 5.88 Å². The zero-order valence-electron chi connectivity index (χ0n) is 21.0. The summed E-state index contributed by atoms with van der Waals surface area (Å²) in [6.45, 7) is 5.56. The second-order valence-corrected chi connectivity index (χ2v) is 9.71. The Morgan fingerprint density at radius 3 is 2.28 bits per heavy atom. The number of unbranched alkanes of at least 4 members (excludes halogenated alkanes) is 1. The van der Waals surface area contributed by atoms with E-state index in [1.165, 1.54) is 0 Å². The van der Waals surface area contributed by atoms with E-state index in [2.05, 4.69) is 54.5 Å². The molecule has 5 heteroatoms. The van der Waals surface area contributed by atoms with E-state index < -0.39 is 0 Å². The second kappa shape index (κ2) is 12.1. The largest absolute Gasteiger partial charge is 0.478 e. The van der Waals surface area contributed by atoms with E-state index in [0.717, 1.165) is 41.6 Å². The molecule has 0 radical (unpaired) electrons. The van der Waals surface area contributed by atoms with Crippen LogP contribution in [0.2, 0.25) is 0 Å². The molecule has 0 saturated heterocycles. The van der Waals surface area contributed by atoms with Gasteiger partial charge in [0.2, 0.25) is 5.88 Å². The highest BCUT2D eigenvalue weighted by Gasteiger charge is 2.19. The summed E-state index contributed by atoms with van der Waals surface area (Å²) in [6.07, 6.45) is 6.15. The van der Waals surface area contributed by atoms with Crippen molar-refractivity contribution >= 4 is 5.91 Å². The van der Waals surface area contributed by atoms with E-state index in [-0.39, 0.29) is 11.3 Å². The molecule has 2 heterocycles. The van der Waals surface area contributed by atoms with Gasteiger partial charge in [-0.25, -0.2) is 4.98 Å². The normalized spacial score (nSPS) is 11.2. The van der Waals surface area contributed by atoms with Crippen molar-refractivity contribution < 1.29 is 9.53 Å². The first kappa shape index (κ1) is 25.1. The minimum atomic E-state index is -0.0851. The lowest BCUT2D eigenvalue weighted by atomic mass is 9.87. The van der Waals surface area contributed by atoms with Crippen LogP contribution < -0.4 is 10.1 Å². The molecule has 0 atom stereocenters. The van der Waals surface area contributed by atoms with E-state index in [4.69, 9.17) is 9.72 Å². The molecule has 4 rings (SSSR count). The van der Waals surface area contributed by atoms with Gasteiger partial charge in [-0.3, -0.25) is 9.78 Å². The summed E-state index contributed by atoms with van der Waals surface area (Å²) in [6, 6.07) is 28.2. The quantitative estimate of drug-likeness (QED) is 0.240. The van der Waals surface area contributed by atoms with Gasteiger partial charge in [0.15, 0.2) is 0 Å². The third-order valence-corrected chi connectivity index (χ3v) is 6.13. The zero-order chi connectivity index (χ0) is 25.2. The van der Waals surface area contributed by atoms with E-state index in [1.807, 2.05) is 42.5 Å². The number of carbonyl (C=O) groups excluding carboxylic acids is 1. The number of ether oxygens (including phenoxy) is 1. The molecule has 0 saturated carbocycles. The average molecular weight is 480 g/mol. The molecule has 0 bridgehead atoms. The maximum Gasteiger partial charge on any atom is 0.252 e. The van der Waals surface area contributed by atoms with Crippen molar-refractivity contribution in [2.45, 2.75) is 33.1 Å². The number of pyridine rings is 2. The summed E-state index contributed by atoms with van der Waals surface area (Å²) < 4.78 is 6.11. The van der Waals surface area contributed by atoms with Gasteiger partial charge in [-0.2, -0.15) is 0 Å². The van der Waals surface area contributed by atoms with E-state index in [9.17, 15) is 4.79 Å². The molecule has 1 amide bonds. The van der Waals surface area contributed by atoms with Gasteiger partial charge in [-0.1, -0.05) is 74.5 Å². The maximum atomic E-state index is 12.3. The molecule has 0 spiro atoms. The lowest BCUT2D eigenvalue weighted by Crippen LogP contribution is -2.34. The Balaban J connectivity index is 1.31. The summed E-state index contributed by atoms with van der Waals surface area (Å²) in [7, 11) is 0. The summed E-state index contributed by atoms with van der Waals surface area (Å²) in [4.78, 5) is 21.1. The lowest BCUT2D eigenvalue weighted by Gasteiger charge is -2.25. The number of hydrogen-bond acceptors (Lipinski definition) is 4. The Bertz CT molecular complexity index is 1190. The fraction of sp³-hybridized carbons (Fsp3) is 0.258. The highest BCUT2D eigenvalue weighted by atomic mass is 16.5. The highest BCUT2D eigenvalue weighted by Crippen LogP contribution is 2.29. The highest BCUT2D eigenvalue weighted by molar-refractivity contribution is 5.93. The van der Waals surface area contributed by atoms with Crippen molar-refractivity contribution in [3.63, 3.8) is 0 Å². The molecular formula is C31H33N3O2. The molecule has 0 unspecified atom stereocenters. The lowest BCUT2D eigenvalue weighted by molar-refractivity contribution is 0.0933. The van der Waals surface area contributed by atoms with Crippen molar-refractivity contribution in [1.29, 1.82) is 0 Å². The van der Waals surface area contributed by atoms with Crippen molar-refractivity contribution in [2.75, 3.05) is 13.2 Å². The van der Waals surface area contributed by atoms with E-state index >= 15 is 0 Å². The van der Waals surface area contributed by atoms with E-state index in [1.54, 1.807) is 24.5 Å². The van der Waals surface area contributed by atoms with Gasteiger partial charge >= 0.3 is 0 Å². The Hall–Kier alpha value is -3.99. The van der Waals surface area contributed by atoms with Crippen molar-refractivity contribution in [3.05, 3.63) is 103 Å². The first-order valence-corrected chi connectivity index (χ1v) is 12.4. The number of nitrogens with one attached hydrogen (secondary N) is 1. The monoisotopic (exact) mass is 479 g/mol. The third kappa shape index (κ3) is 7.25. The molecule has 1 N–H and O–H groups in total. The fourth-order valence-corrected chi connectivity index (χ4v) is 4.02. The number of carbonyl (C=O) groups is 1. The minimum Gasteiger partial charge on any atom is -0.478 e. The molecule has 0 aliphatic heterocycles. The summed E-state index contributed by atoms with van der Waals surface area (Å²) in [5.74, 6) is 0.552. The Morgan fingerprint density at radius 1 is 0.861 bits per heavy atom. The van der Waals surface area contributed by atoms with Crippen molar-refractivity contribution in [2.24, 2.45) is 5.41 Å². The number of aromatic nitrogens is 2. The molecule has 36 heavy (non-hydrogen) atoms. The number of rotatable bonds is 11. The van der Waals surface area contributed by atoms with Gasteiger partial charge in [0, 0.05) is 30.6 Å². The van der Waals surface area contributed by atoms with Crippen LogP contribution in [0.15, 0.2) is 97.3 Å². The molecule has 5 nitrogen and oxygen atoms in total. The molecule has 0 fully saturated rings. The summed E-state index contributed by atoms with van der Waals surface area (Å²) in [5, 5.41) is 3.03. The van der Waals surface area contributed by atoms with Crippen LogP contribution in [0, 0.1) is 5.41 Å². The molecule has 0 aliphatic rings. The first-order chi connectivity index (χ1) is 17.5. The standard InChI is InChI=1S/C31H33N3O2/c1-31(2,23-33-30(35)26-16-11-18-32-22-26)17-9-10-19-36-29-21-27(24-12-5-3-6-13-24)20-28(34-29)25-14-7-4-8-15-25/h3-8,11-16,18,20-22H,9-10,17,19,23H2,1-2H3,(H,33,35). The Kier molecular flexibility index (Phi) is 8.45. The SMILES string of the molecule is CC(C)(CCCCOc1cc(-c2ccccc2)cc(-c2ccccc2)n1)CNC(=O)c1cccnc1. The topological polar surface area (TPSA) is 64.1 Å². The zero-order valence-corrected chi connectivity index (χ0v) is 21.0. The van der Waals surface area contributed by atoms with Gasteiger partial charge in [-0.05, 0) is 54.0 Å². The number of benzene rings is 2. The van der Waals surface area contributed by atoms with Crippen molar-refractivity contribution in [1.82, 2.24) is 15.3 Å². The number of amides is 1. The van der Waals surface area contributed by atoms with Crippen LogP contribution >= 0.6 is 0 Å². The fourth-order valence-electron chi connectivity index (χ4n) is 4.02. The van der Waals surface area contributed by atoms with Gasteiger partial charge in [0.25, 0.3) is 5.91 Å². The third-order valence-electron chi connectivity index (χ3n) is 6.13. The number of nitrogens with zero attached hydrogens (tertiary/aromatic N) is 2. The maximum absolute atomic E-state index is 12.3. The second-order valence-electron chi connectivity index (χ2n) is 9.71. The van der Waals surface area contributed by atoms with Crippen molar-refractivity contribution in [3.8, 4) is 28.3 Å². The predicted octanol–water partition coefficient (Wildman–Crippen LogP) is 6.82. The first-order valence-electron chi connectivity index (χ1n) is 12.4. The van der Waals surface area contributed by atoms with Crippen LogP contribution in [0.1, 0.15) is 43.5 Å². The summed E-state index contributed by atoms with van der Waals surface area (Å²) in [5.41, 5.74) is 4.76. The number of hydrogen-bond donors (Lipinski definition) is 1. The van der Waals surface area contributed by atoms with Crippen LogP contribution in [0.4, 0.5) is 0 Å². The molecule has 2 aromatic carbocycles. The van der Waals surface area contributed by atoms with Crippen LogP contribution in [0.3, 0.4) is 0 Å². The van der Waals surface area contributed by atoms with Gasteiger partial charge in [0.05, 0.1) is 17.9 Å². The minimum absolute atomic E-state index is 0.0101. The molecule has 0 aliphatic carbocycles. The Labute approximate surface area is 213 Å². The smallest absolute Gasteiger partial charge is 0.252 e. The predicted molar refractivity (Wildman–Crippen MR) is 145 cm³/mol. The van der Waals surface area contributed by atoms with Crippen LogP contribution in [0.25, 0.3) is 22.4 Å². The molecular weight excluding hydrogens is 446 g/mol. The average Bonchev–Trinajstić information content (AvgIpc) is 2.93. The molecule has 4 aromatic rings. The van der Waals surface area contributed by atoms with Crippen LogP contribution in [-0.2, 0) is 0 Å².